The molecule has 0 radical (unpaired) electrons. The Balaban J connectivity index is 1.79. The minimum atomic E-state index is 0.529. The number of aryl methyl sites for hydroxylation is 1. The lowest BCUT2D eigenvalue weighted by atomic mass is 10.1. The van der Waals surface area contributed by atoms with Gasteiger partial charge in [0.05, 0.1) is 5.52 Å². The lowest BCUT2D eigenvalue weighted by molar-refractivity contribution is 0.842. The van der Waals surface area contributed by atoms with Gasteiger partial charge in [0.1, 0.15) is 0 Å². The van der Waals surface area contributed by atoms with E-state index >= 15 is 0 Å². The van der Waals surface area contributed by atoms with Crippen molar-refractivity contribution >= 4 is 16.7 Å². The summed E-state index contributed by atoms with van der Waals surface area (Å²) in [6.07, 6.45) is 4.41. The number of pyridine rings is 1. The first-order chi connectivity index (χ1) is 11.2. The fourth-order valence-corrected chi connectivity index (χ4v) is 2.62. The maximum Gasteiger partial charge on any atom is 0.252 e. The van der Waals surface area contributed by atoms with E-state index in [9.17, 15) is 0 Å². The largest absolute Gasteiger partial charge is 0.330 e. The first-order valence-electron chi connectivity index (χ1n) is 7.52. The van der Waals surface area contributed by atoms with Crippen LogP contribution in [0.5, 0.6) is 0 Å². The Morgan fingerprint density at radius 3 is 2.87 bits per heavy atom. The van der Waals surface area contributed by atoms with Gasteiger partial charge in [-0.15, -0.1) is 5.10 Å². The van der Waals surface area contributed by atoms with Crippen LogP contribution in [-0.4, -0.2) is 31.1 Å². The highest BCUT2D eigenvalue weighted by Gasteiger charge is 2.07. The molecular formula is C17H16N6. The molecule has 0 bridgehead atoms. The third-order valence-corrected chi connectivity index (χ3v) is 3.77. The molecule has 23 heavy (non-hydrogen) atoms. The van der Waals surface area contributed by atoms with Gasteiger partial charge in [0, 0.05) is 35.5 Å². The van der Waals surface area contributed by atoms with Crippen LogP contribution in [0.15, 0.2) is 42.7 Å². The summed E-state index contributed by atoms with van der Waals surface area (Å²) in [7, 11) is 0. The van der Waals surface area contributed by atoms with Gasteiger partial charge in [0.2, 0.25) is 0 Å². The Labute approximate surface area is 133 Å². The predicted molar refractivity (Wildman–Crippen MR) is 89.0 cm³/mol. The van der Waals surface area contributed by atoms with E-state index in [0.29, 0.717) is 18.7 Å². The molecule has 2 N–H and O–H groups in total. The van der Waals surface area contributed by atoms with Crippen LogP contribution in [0.1, 0.15) is 11.5 Å². The first-order valence-corrected chi connectivity index (χ1v) is 7.52. The number of nitrogens with two attached hydrogens (primary N) is 1. The van der Waals surface area contributed by atoms with Crippen LogP contribution >= 0.6 is 0 Å². The second kappa shape index (κ2) is 5.40. The Hall–Kier alpha value is -2.86. The number of nitrogens with zero attached hydrogens (tertiary/aromatic N) is 5. The normalized spacial score (nSPS) is 11.4. The summed E-state index contributed by atoms with van der Waals surface area (Å²) >= 11 is 0. The Kier molecular flexibility index (Phi) is 3.24. The molecule has 4 rings (SSSR count). The van der Waals surface area contributed by atoms with E-state index in [1.165, 1.54) is 0 Å². The Morgan fingerprint density at radius 2 is 2.00 bits per heavy atom. The smallest absolute Gasteiger partial charge is 0.252 e. The molecule has 3 heterocycles. The average Bonchev–Trinajstić information content (AvgIpc) is 2.96. The van der Waals surface area contributed by atoms with E-state index in [4.69, 9.17) is 5.73 Å². The maximum absolute atomic E-state index is 5.55. The van der Waals surface area contributed by atoms with Crippen molar-refractivity contribution in [1.29, 1.82) is 0 Å². The molecule has 0 aliphatic carbocycles. The highest BCUT2D eigenvalue weighted by Crippen LogP contribution is 2.23. The second-order valence-corrected chi connectivity index (χ2v) is 5.51. The van der Waals surface area contributed by atoms with E-state index in [0.717, 1.165) is 33.5 Å². The second-order valence-electron chi connectivity index (χ2n) is 5.51. The zero-order chi connectivity index (χ0) is 15.8. The molecule has 0 unspecified atom stereocenters. The lowest BCUT2D eigenvalue weighted by Crippen LogP contribution is -2.04. The number of aromatic nitrogens is 5. The Bertz CT molecular complexity index is 1000. The van der Waals surface area contributed by atoms with Gasteiger partial charge in [0.25, 0.3) is 5.78 Å². The fourth-order valence-electron chi connectivity index (χ4n) is 2.62. The summed E-state index contributed by atoms with van der Waals surface area (Å²) in [5.41, 5.74) is 9.63. The van der Waals surface area contributed by atoms with E-state index in [1.54, 1.807) is 4.52 Å². The van der Waals surface area contributed by atoms with Crippen molar-refractivity contribution < 1.29 is 0 Å². The summed E-state index contributed by atoms with van der Waals surface area (Å²) in [5.74, 6) is 1.31. The molecule has 0 aliphatic rings. The van der Waals surface area contributed by atoms with Gasteiger partial charge < -0.3 is 5.73 Å². The van der Waals surface area contributed by atoms with Crippen molar-refractivity contribution in [1.82, 2.24) is 24.6 Å². The lowest BCUT2D eigenvalue weighted by Gasteiger charge is -2.04. The highest BCUT2D eigenvalue weighted by atomic mass is 15.3. The van der Waals surface area contributed by atoms with Crippen molar-refractivity contribution in [2.24, 2.45) is 5.73 Å². The van der Waals surface area contributed by atoms with E-state index < -0.39 is 0 Å². The van der Waals surface area contributed by atoms with Gasteiger partial charge in [-0.25, -0.2) is 9.50 Å². The number of fused-ring (bicyclic) bond motifs is 2. The number of hydrogen-bond donors (Lipinski definition) is 1. The third-order valence-electron chi connectivity index (χ3n) is 3.77. The maximum atomic E-state index is 5.55. The molecule has 0 spiro atoms. The molecule has 0 atom stereocenters. The van der Waals surface area contributed by atoms with Gasteiger partial charge in [0.15, 0.2) is 5.82 Å². The van der Waals surface area contributed by atoms with Gasteiger partial charge in [-0.2, -0.15) is 4.98 Å². The molecule has 6 heteroatoms. The van der Waals surface area contributed by atoms with E-state index in [1.807, 2.05) is 31.5 Å². The summed E-state index contributed by atoms with van der Waals surface area (Å²) in [5, 5.41) is 5.52. The van der Waals surface area contributed by atoms with Crippen LogP contribution in [0, 0.1) is 6.92 Å². The van der Waals surface area contributed by atoms with Crippen molar-refractivity contribution in [3.8, 4) is 11.1 Å². The van der Waals surface area contributed by atoms with Crippen molar-refractivity contribution in [2.75, 3.05) is 6.54 Å². The Morgan fingerprint density at radius 1 is 1.09 bits per heavy atom. The molecular weight excluding hydrogens is 288 g/mol. The summed E-state index contributed by atoms with van der Waals surface area (Å²) in [6.45, 7) is 2.52. The SMILES string of the molecule is Cc1ccc2cc(-c3cnc4nc(CCN)nn4c3)ccc2n1. The van der Waals surface area contributed by atoms with Crippen molar-refractivity contribution in [3.63, 3.8) is 0 Å². The fraction of sp³-hybridized carbons (Fsp3) is 0.176. The van der Waals surface area contributed by atoms with Gasteiger partial charge >= 0.3 is 0 Å². The molecule has 6 nitrogen and oxygen atoms in total. The zero-order valence-corrected chi connectivity index (χ0v) is 12.8. The third kappa shape index (κ3) is 2.53. The van der Waals surface area contributed by atoms with Gasteiger partial charge in [-0.05, 0) is 37.2 Å². The minimum absolute atomic E-state index is 0.529. The molecule has 0 amide bonds. The average molecular weight is 304 g/mol. The van der Waals surface area contributed by atoms with E-state index in [2.05, 4.69) is 38.2 Å². The quantitative estimate of drug-likeness (QED) is 0.627. The highest BCUT2D eigenvalue weighted by molar-refractivity contribution is 5.84. The summed E-state index contributed by atoms with van der Waals surface area (Å²) in [6, 6.07) is 10.3. The van der Waals surface area contributed by atoms with Crippen LogP contribution in [0.2, 0.25) is 0 Å². The predicted octanol–water partition coefficient (Wildman–Crippen LogP) is 2.15. The molecule has 114 valence electrons. The molecule has 0 saturated heterocycles. The number of rotatable bonds is 3. The van der Waals surface area contributed by atoms with Crippen LogP contribution < -0.4 is 5.73 Å². The molecule has 0 saturated carbocycles. The van der Waals surface area contributed by atoms with Gasteiger partial charge in [-0.1, -0.05) is 12.1 Å². The van der Waals surface area contributed by atoms with E-state index in [-0.39, 0.29) is 0 Å². The summed E-state index contributed by atoms with van der Waals surface area (Å²) < 4.78 is 1.71. The molecule has 1 aromatic carbocycles. The van der Waals surface area contributed by atoms with Gasteiger partial charge in [-0.3, -0.25) is 4.98 Å². The van der Waals surface area contributed by atoms with Crippen LogP contribution in [-0.2, 0) is 6.42 Å². The zero-order valence-electron chi connectivity index (χ0n) is 12.8. The van der Waals surface area contributed by atoms with Crippen LogP contribution in [0.4, 0.5) is 0 Å². The number of hydrogen-bond acceptors (Lipinski definition) is 5. The molecule has 0 aliphatic heterocycles. The van der Waals surface area contributed by atoms with Crippen LogP contribution in [0.25, 0.3) is 27.8 Å². The number of benzene rings is 1. The minimum Gasteiger partial charge on any atom is -0.330 e. The topological polar surface area (TPSA) is 82.0 Å². The molecule has 0 fully saturated rings. The standard InChI is InChI=1S/C17H16N6/c1-11-2-3-13-8-12(4-5-15(13)20-11)14-9-19-17-21-16(6-7-18)22-23(17)10-14/h2-5,8-10H,6-7,18H2,1H3. The van der Waals surface area contributed by atoms with Crippen LogP contribution in [0.3, 0.4) is 0 Å². The summed E-state index contributed by atoms with van der Waals surface area (Å²) in [4.78, 5) is 13.3. The molecule has 3 aromatic heterocycles. The first kappa shape index (κ1) is 13.8. The molecule has 4 aromatic rings. The monoisotopic (exact) mass is 304 g/mol. The van der Waals surface area contributed by atoms with Crippen molar-refractivity contribution in [3.05, 3.63) is 54.2 Å². The van der Waals surface area contributed by atoms with Crippen molar-refractivity contribution in [2.45, 2.75) is 13.3 Å².